The van der Waals surface area contributed by atoms with Crippen LogP contribution in [0.15, 0.2) is 85.1 Å². The van der Waals surface area contributed by atoms with Gasteiger partial charge in [0.05, 0.1) is 38.6 Å². The van der Waals surface area contributed by atoms with E-state index in [1.165, 1.54) is 103 Å². The van der Waals surface area contributed by atoms with Gasteiger partial charge < -0.3 is 89.9 Å². The molecule has 3 aliphatic rings. The van der Waals surface area contributed by atoms with E-state index < -0.39 is 137 Å². The van der Waals surface area contributed by atoms with Gasteiger partial charge in [0, 0.05) is 6.42 Å². The summed E-state index contributed by atoms with van der Waals surface area (Å²) in [4.78, 5) is 13.3. The molecule has 478 valence electrons. The molecule has 1 amide bonds. The zero-order chi connectivity index (χ0) is 60.5. The van der Waals surface area contributed by atoms with Crippen molar-refractivity contribution in [2.24, 2.45) is 0 Å². The second kappa shape index (κ2) is 46.2. The highest BCUT2D eigenvalue weighted by atomic mass is 16.8. The summed E-state index contributed by atoms with van der Waals surface area (Å²) in [5.74, 6) is -0.415. The van der Waals surface area contributed by atoms with Crippen molar-refractivity contribution in [2.75, 3.05) is 26.4 Å². The topological polar surface area (TPSA) is 307 Å². The Kier molecular flexibility index (Phi) is 41.3. The Morgan fingerprint density at radius 3 is 1.33 bits per heavy atom. The van der Waals surface area contributed by atoms with Crippen LogP contribution in [0.2, 0.25) is 0 Å². The Morgan fingerprint density at radius 1 is 0.446 bits per heavy atom. The molecule has 0 radical (unpaired) electrons. The Morgan fingerprint density at radius 2 is 0.843 bits per heavy atom. The van der Waals surface area contributed by atoms with Crippen LogP contribution in [0.1, 0.15) is 181 Å². The van der Waals surface area contributed by atoms with Gasteiger partial charge >= 0.3 is 0 Å². The second-order valence-corrected chi connectivity index (χ2v) is 22.1. The first-order valence-electron chi connectivity index (χ1n) is 31.3. The molecule has 17 unspecified atom stereocenters. The lowest BCUT2D eigenvalue weighted by molar-refractivity contribution is -0.379. The highest BCUT2D eigenvalue weighted by Crippen LogP contribution is 2.33. The van der Waals surface area contributed by atoms with Gasteiger partial charge in [-0.3, -0.25) is 4.79 Å². The zero-order valence-electron chi connectivity index (χ0n) is 49.9. The summed E-state index contributed by atoms with van der Waals surface area (Å²) >= 11 is 0. The normalized spacial score (nSPS) is 30.0. The van der Waals surface area contributed by atoms with E-state index in [2.05, 4.69) is 67.8 Å². The van der Waals surface area contributed by atoms with E-state index in [0.29, 0.717) is 12.8 Å². The Balaban J connectivity index is 1.51. The Bertz CT molecular complexity index is 1840. The van der Waals surface area contributed by atoms with Crippen molar-refractivity contribution < 1.29 is 89.4 Å². The molecular formula is C64H109NO18. The average molecular weight is 1180 g/mol. The molecule has 0 saturated carbocycles. The van der Waals surface area contributed by atoms with E-state index in [1.54, 1.807) is 12.2 Å². The van der Waals surface area contributed by atoms with Crippen LogP contribution >= 0.6 is 0 Å². The summed E-state index contributed by atoms with van der Waals surface area (Å²) in [5.41, 5.74) is 0. The van der Waals surface area contributed by atoms with E-state index >= 15 is 0 Å². The number of hydrogen-bond donors (Lipinski definition) is 12. The summed E-state index contributed by atoms with van der Waals surface area (Å²) in [6, 6.07) is -1.05. The van der Waals surface area contributed by atoms with Crippen LogP contribution in [-0.4, -0.2) is 193 Å². The molecular weight excluding hydrogens is 1070 g/mol. The van der Waals surface area contributed by atoms with Crippen LogP contribution in [0.3, 0.4) is 0 Å². The maximum Gasteiger partial charge on any atom is 0.224 e. The fourth-order valence-electron chi connectivity index (χ4n) is 10.1. The number of nitrogens with one attached hydrogen (secondary N) is 1. The predicted molar refractivity (Wildman–Crippen MR) is 318 cm³/mol. The molecule has 0 aromatic carbocycles. The Labute approximate surface area is 495 Å². The predicted octanol–water partition coefficient (Wildman–Crippen LogP) is 6.37. The van der Waals surface area contributed by atoms with Crippen molar-refractivity contribution in [3.63, 3.8) is 0 Å². The van der Waals surface area contributed by atoms with Gasteiger partial charge in [0.25, 0.3) is 0 Å². The molecule has 3 aliphatic heterocycles. The third-order valence-electron chi connectivity index (χ3n) is 15.2. The number of rotatable bonds is 45. The molecule has 17 atom stereocenters. The van der Waals surface area contributed by atoms with Crippen LogP contribution in [-0.2, 0) is 33.2 Å². The van der Waals surface area contributed by atoms with Crippen LogP contribution in [0.5, 0.6) is 0 Å². The minimum Gasteiger partial charge on any atom is -0.394 e. The maximum absolute atomic E-state index is 13.3. The summed E-state index contributed by atoms with van der Waals surface area (Å²) < 4.78 is 34.2. The van der Waals surface area contributed by atoms with Crippen LogP contribution in [0.4, 0.5) is 0 Å². The number of amides is 1. The first-order chi connectivity index (χ1) is 40.3. The highest BCUT2D eigenvalue weighted by Gasteiger charge is 2.53. The van der Waals surface area contributed by atoms with Crippen LogP contribution < -0.4 is 5.32 Å². The number of carbonyl (C=O) groups is 1. The molecule has 12 N–H and O–H groups in total. The van der Waals surface area contributed by atoms with E-state index in [4.69, 9.17) is 28.4 Å². The van der Waals surface area contributed by atoms with Gasteiger partial charge in [0.2, 0.25) is 5.91 Å². The van der Waals surface area contributed by atoms with Crippen molar-refractivity contribution >= 4 is 5.91 Å². The molecule has 0 bridgehead atoms. The van der Waals surface area contributed by atoms with Crippen LogP contribution in [0.25, 0.3) is 0 Å². The van der Waals surface area contributed by atoms with Gasteiger partial charge in [-0.05, 0) is 57.8 Å². The molecule has 19 nitrogen and oxygen atoms in total. The van der Waals surface area contributed by atoms with Gasteiger partial charge in [-0.15, -0.1) is 0 Å². The number of unbranched alkanes of at least 4 members (excludes halogenated alkanes) is 18. The number of hydrogen-bond acceptors (Lipinski definition) is 18. The molecule has 3 rings (SSSR count). The molecule has 19 heteroatoms. The number of allylic oxidation sites excluding steroid dienone is 12. The van der Waals surface area contributed by atoms with Gasteiger partial charge in [-0.2, -0.15) is 0 Å². The third-order valence-corrected chi connectivity index (χ3v) is 15.2. The molecule has 83 heavy (non-hydrogen) atoms. The average Bonchev–Trinajstić information content (AvgIpc) is 3.15. The lowest BCUT2D eigenvalue weighted by Crippen LogP contribution is -2.66. The van der Waals surface area contributed by atoms with Crippen molar-refractivity contribution in [3.8, 4) is 0 Å². The monoisotopic (exact) mass is 1180 g/mol. The minimum absolute atomic E-state index is 0.000881. The van der Waals surface area contributed by atoms with Gasteiger partial charge in [0.1, 0.15) is 73.2 Å². The maximum atomic E-state index is 13.3. The molecule has 0 spiro atoms. The minimum atomic E-state index is -1.99. The van der Waals surface area contributed by atoms with Gasteiger partial charge in [-0.1, -0.05) is 202 Å². The fourth-order valence-corrected chi connectivity index (χ4v) is 10.1. The molecule has 0 aromatic rings. The SMILES string of the molecule is CC/C=C\C/C=C\C/C=C\C/C=C\C/C=C\CC(=O)NC(COC1OC(CO)C(OC2OC(CO)C(OC3OC(CO)C(O)C(O)C3O)C(O)C2O)C(O)C1O)C(O)/C=C/CC/C=C/CCCCCCCCCCCCCCCCCCC. The first-order valence-corrected chi connectivity index (χ1v) is 31.3. The number of aliphatic hydroxyl groups is 11. The van der Waals surface area contributed by atoms with Crippen molar-refractivity contribution in [1.82, 2.24) is 5.32 Å². The molecule has 0 aromatic heterocycles. The Hall–Kier alpha value is -3.03. The fraction of sp³-hybridized carbons (Fsp3) is 0.766. The summed E-state index contributed by atoms with van der Waals surface area (Å²) in [6.07, 6.45) is 30.3. The lowest BCUT2D eigenvalue weighted by atomic mass is 9.96. The summed E-state index contributed by atoms with van der Waals surface area (Å²) in [5, 5.41) is 120. The van der Waals surface area contributed by atoms with Crippen molar-refractivity contribution in [3.05, 3.63) is 85.1 Å². The van der Waals surface area contributed by atoms with E-state index in [-0.39, 0.29) is 6.42 Å². The highest BCUT2D eigenvalue weighted by molar-refractivity contribution is 5.77. The second-order valence-electron chi connectivity index (χ2n) is 22.1. The number of carbonyl (C=O) groups excluding carboxylic acids is 1. The lowest BCUT2D eigenvalue weighted by Gasteiger charge is -2.48. The standard InChI is InChI=1S/C64H109NO18/c1-3-5-7-9-11-13-15-17-19-20-21-22-23-24-25-26-28-29-31-33-35-37-39-41-48(69)47(65-52(70)42-40-38-36-34-32-30-27-18-16-14-12-10-8-6-4-2)46-78-62-58(76)55(73)60(50(44-67)80-62)83-64-59(77)56(74)61(51(45-68)81-64)82-63-57(75)54(72)53(71)49(43-66)79-63/h6,8,12,14,18,27,31-34,38-41,47-51,53-64,66-69,71-77H,3-5,7,9-11,13,15-17,19-26,28-30,35-37,42-46H2,1-2H3,(H,65,70)/b8-6-,14-12-,27-18-,33-31+,34-32-,40-38-,41-39+. The quantitative estimate of drug-likeness (QED) is 0.0233. The molecule has 3 heterocycles. The van der Waals surface area contributed by atoms with Gasteiger partial charge in [0.15, 0.2) is 18.9 Å². The largest absolute Gasteiger partial charge is 0.394 e. The molecule has 0 aliphatic carbocycles. The molecule has 3 fully saturated rings. The third kappa shape index (κ3) is 29.5. The summed E-state index contributed by atoms with van der Waals surface area (Å²) in [6.45, 7) is 1.51. The first kappa shape index (κ1) is 74.2. The number of ether oxygens (including phenoxy) is 6. The summed E-state index contributed by atoms with van der Waals surface area (Å²) in [7, 11) is 0. The number of aliphatic hydroxyl groups excluding tert-OH is 11. The zero-order valence-corrected chi connectivity index (χ0v) is 49.9. The van der Waals surface area contributed by atoms with Crippen LogP contribution in [0, 0.1) is 0 Å². The van der Waals surface area contributed by atoms with Gasteiger partial charge in [-0.25, -0.2) is 0 Å². The van der Waals surface area contributed by atoms with E-state index in [1.807, 2.05) is 24.3 Å². The molecule has 3 saturated heterocycles. The van der Waals surface area contributed by atoms with Crippen molar-refractivity contribution in [2.45, 2.75) is 285 Å². The smallest absolute Gasteiger partial charge is 0.224 e. The van der Waals surface area contributed by atoms with E-state index in [9.17, 15) is 61.0 Å². The van der Waals surface area contributed by atoms with Crippen molar-refractivity contribution in [1.29, 1.82) is 0 Å². The van der Waals surface area contributed by atoms with E-state index in [0.717, 1.165) is 44.9 Å².